The molecule has 1 atom stereocenters. The molecule has 2 saturated carbocycles. The van der Waals surface area contributed by atoms with Gasteiger partial charge >= 0.3 is 5.97 Å². The van der Waals surface area contributed by atoms with Crippen LogP contribution >= 0.6 is 0 Å². The number of carbonyl (C=O) groups is 1. The summed E-state index contributed by atoms with van der Waals surface area (Å²) in [5.74, 6) is 0.0745. The summed E-state index contributed by atoms with van der Waals surface area (Å²) in [5, 5.41) is 9.17. The van der Waals surface area contributed by atoms with Gasteiger partial charge in [-0.1, -0.05) is 25.7 Å². The highest BCUT2D eigenvalue weighted by Gasteiger charge is 2.36. The summed E-state index contributed by atoms with van der Waals surface area (Å²) in [7, 11) is 0. The van der Waals surface area contributed by atoms with Gasteiger partial charge in [0.05, 0.1) is 0 Å². The molecule has 17 heavy (non-hydrogen) atoms. The normalized spacial score (nSPS) is 24.6. The summed E-state index contributed by atoms with van der Waals surface area (Å²) in [6, 6.07) is 0.259. The number of carboxylic acids is 1. The second-order valence-electron chi connectivity index (χ2n) is 5.80. The molecular weight excluding hydrogens is 214 g/mol. The smallest absolute Gasteiger partial charge is 0.320 e. The molecule has 0 saturated heterocycles. The molecule has 0 radical (unpaired) electrons. The van der Waals surface area contributed by atoms with E-state index >= 15 is 0 Å². The van der Waals surface area contributed by atoms with Crippen LogP contribution in [0.5, 0.6) is 0 Å². The van der Waals surface area contributed by atoms with E-state index in [0.717, 1.165) is 12.5 Å². The molecule has 0 aromatic heterocycles. The molecule has 0 aliphatic heterocycles. The Labute approximate surface area is 104 Å². The Morgan fingerprint density at radius 3 is 2.24 bits per heavy atom. The fourth-order valence-electron chi connectivity index (χ4n) is 3.02. The van der Waals surface area contributed by atoms with Gasteiger partial charge in [-0.15, -0.1) is 0 Å². The van der Waals surface area contributed by atoms with E-state index in [1.807, 2.05) is 6.92 Å². The molecule has 0 spiro atoms. The zero-order valence-corrected chi connectivity index (χ0v) is 10.9. The Kier molecular flexibility index (Phi) is 4.43. The van der Waals surface area contributed by atoms with Crippen molar-refractivity contribution in [2.24, 2.45) is 5.92 Å². The van der Waals surface area contributed by atoms with Gasteiger partial charge in [0.25, 0.3) is 0 Å². The van der Waals surface area contributed by atoms with Gasteiger partial charge < -0.3 is 5.11 Å². The molecule has 2 aliphatic carbocycles. The molecule has 0 amide bonds. The van der Waals surface area contributed by atoms with Crippen LogP contribution in [0.4, 0.5) is 0 Å². The first-order valence-electron chi connectivity index (χ1n) is 7.17. The van der Waals surface area contributed by atoms with Gasteiger partial charge in [0, 0.05) is 12.6 Å². The molecule has 3 nitrogen and oxygen atoms in total. The fraction of sp³-hybridized carbons (Fsp3) is 0.929. The van der Waals surface area contributed by atoms with Gasteiger partial charge in [-0.3, -0.25) is 9.69 Å². The van der Waals surface area contributed by atoms with Crippen molar-refractivity contribution in [2.45, 2.75) is 70.4 Å². The van der Waals surface area contributed by atoms with Crippen LogP contribution in [0.25, 0.3) is 0 Å². The minimum Gasteiger partial charge on any atom is -0.480 e. The van der Waals surface area contributed by atoms with Crippen molar-refractivity contribution in [3.05, 3.63) is 0 Å². The van der Waals surface area contributed by atoms with E-state index in [-0.39, 0.29) is 6.04 Å². The van der Waals surface area contributed by atoms with Gasteiger partial charge in [-0.05, 0) is 38.5 Å². The van der Waals surface area contributed by atoms with E-state index in [1.165, 1.54) is 51.4 Å². The number of aliphatic carboxylic acids is 1. The van der Waals surface area contributed by atoms with Gasteiger partial charge in [-0.25, -0.2) is 0 Å². The lowest BCUT2D eigenvalue weighted by molar-refractivity contribution is -0.143. The van der Waals surface area contributed by atoms with Crippen LogP contribution in [-0.2, 0) is 4.79 Å². The first-order chi connectivity index (χ1) is 8.18. The Balaban J connectivity index is 1.89. The predicted octanol–water partition coefficient (Wildman–Crippen LogP) is 2.89. The summed E-state index contributed by atoms with van der Waals surface area (Å²) >= 11 is 0. The van der Waals surface area contributed by atoms with Crippen LogP contribution in [0.1, 0.15) is 58.3 Å². The minimum atomic E-state index is -0.662. The van der Waals surface area contributed by atoms with Crippen LogP contribution in [0.3, 0.4) is 0 Å². The SMILES string of the molecule is CC(C(=O)O)N(CC1CCCCCC1)C1CC1. The lowest BCUT2D eigenvalue weighted by Gasteiger charge is -2.30. The highest BCUT2D eigenvalue weighted by molar-refractivity contribution is 5.73. The number of nitrogens with zero attached hydrogens (tertiary/aromatic N) is 1. The van der Waals surface area contributed by atoms with Gasteiger partial charge in [-0.2, -0.15) is 0 Å². The lowest BCUT2D eigenvalue weighted by atomic mass is 9.99. The van der Waals surface area contributed by atoms with Crippen molar-refractivity contribution in [1.29, 1.82) is 0 Å². The topological polar surface area (TPSA) is 40.5 Å². The van der Waals surface area contributed by atoms with E-state index in [1.54, 1.807) is 0 Å². The van der Waals surface area contributed by atoms with Crippen molar-refractivity contribution in [2.75, 3.05) is 6.54 Å². The maximum absolute atomic E-state index is 11.1. The maximum atomic E-state index is 11.1. The summed E-state index contributed by atoms with van der Waals surface area (Å²) in [4.78, 5) is 13.4. The van der Waals surface area contributed by atoms with E-state index in [2.05, 4.69) is 4.90 Å². The number of hydrogen-bond donors (Lipinski definition) is 1. The zero-order valence-electron chi connectivity index (χ0n) is 10.9. The third-order valence-corrected chi connectivity index (χ3v) is 4.31. The van der Waals surface area contributed by atoms with E-state index in [0.29, 0.717) is 6.04 Å². The van der Waals surface area contributed by atoms with Gasteiger partial charge in [0.15, 0.2) is 0 Å². The average molecular weight is 239 g/mol. The average Bonchev–Trinajstić information content (AvgIpc) is 3.12. The Bertz CT molecular complexity index is 255. The van der Waals surface area contributed by atoms with E-state index < -0.39 is 5.97 Å². The highest BCUT2D eigenvalue weighted by atomic mass is 16.4. The largest absolute Gasteiger partial charge is 0.480 e. The molecule has 2 aliphatic rings. The van der Waals surface area contributed by atoms with Gasteiger partial charge in [0.1, 0.15) is 6.04 Å². The fourth-order valence-corrected chi connectivity index (χ4v) is 3.02. The molecule has 1 unspecified atom stereocenters. The molecule has 98 valence electrons. The van der Waals surface area contributed by atoms with Crippen molar-refractivity contribution >= 4 is 5.97 Å². The number of carboxylic acid groups (broad SMARTS) is 1. The molecule has 1 N–H and O–H groups in total. The molecule has 0 bridgehead atoms. The Hall–Kier alpha value is -0.570. The lowest BCUT2D eigenvalue weighted by Crippen LogP contribution is -2.43. The third kappa shape index (κ3) is 3.70. The quantitative estimate of drug-likeness (QED) is 0.750. The Morgan fingerprint density at radius 1 is 1.18 bits per heavy atom. The number of rotatable bonds is 5. The van der Waals surface area contributed by atoms with Crippen LogP contribution in [0, 0.1) is 5.92 Å². The first-order valence-corrected chi connectivity index (χ1v) is 7.17. The summed E-state index contributed by atoms with van der Waals surface area (Å²) in [6.45, 7) is 2.86. The zero-order chi connectivity index (χ0) is 12.3. The standard InChI is InChI=1S/C14H25NO2/c1-11(14(16)17)15(13-8-9-13)10-12-6-4-2-3-5-7-12/h11-13H,2-10H2,1H3,(H,16,17). The van der Waals surface area contributed by atoms with Gasteiger partial charge in [0.2, 0.25) is 0 Å². The number of hydrogen-bond acceptors (Lipinski definition) is 2. The summed E-state index contributed by atoms with van der Waals surface area (Å²) < 4.78 is 0. The molecule has 0 heterocycles. The minimum absolute atomic E-state index is 0.300. The molecular formula is C14H25NO2. The molecule has 0 aromatic carbocycles. The second kappa shape index (κ2) is 5.85. The van der Waals surface area contributed by atoms with E-state index in [4.69, 9.17) is 0 Å². The predicted molar refractivity (Wildman–Crippen MR) is 68.0 cm³/mol. The highest BCUT2D eigenvalue weighted by Crippen LogP contribution is 2.32. The molecule has 0 aromatic rings. The van der Waals surface area contributed by atoms with Crippen LogP contribution in [0.2, 0.25) is 0 Å². The molecule has 3 heteroatoms. The van der Waals surface area contributed by atoms with Crippen LogP contribution < -0.4 is 0 Å². The van der Waals surface area contributed by atoms with Crippen molar-refractivity contribution < 1.29 is 9.90 Å². The second-order valence-corrected chi connectivity index (χ2v) is 5.80. The van der Waals surface area contributed by atoms with E-state index in [9.17, 15) is 9.90 Å². The van der Waals surface area contributed by atoms with Crippen molar-refractivity contribution in [1.82, 2.24) is 4.90 Å². The van der Waals surface area contributed by atoms with Crippen molar-refractivity contribution in [3.8, 4) is 0 Å². The molecule has 2 rings (SSSR count). The monoisotopic (exact) mass is 239 g/mol. The van der Waals surface area contributed by atoms with Crippen LogP contribution in [0.15, 0.2) is 0 Å². The summed E-state index contributed by atoms with van der Waals surface area (Å²) in [5.41, 5.74) is 0. The molecule has 2 fully saturated rings. The van der Waals surface area contributed by atoms with Crippen LogP contribution in [-0.4, -0.2) is 34.6 Å². The summed E-state index contributed by atoms with van der Waals surface area (Å²) in [6.07, 6.45) is 10.4. The third-order valence-electron chi connectivity index (χ3n) is 4.31. The maximum Gasteiger partial charge on any atom is 0.320 e. The first kappa shape index (κ1) is 12.9. The van der Waals surface area contributed by atoms with Crippen molar-refractivity contribution in [3.63, 3.8) is 0 Å². The Morgan fingerprint density at radius 2 is 1.76 bits per heavy atom.